The molecule has 1 heterocycles. The van der Waals surface area contributed by atoms with Crippen LogP contribution in [0.5, 0.6) is 0 Å². The van der Waals surface area contributed by atoms with Gasteiger partial charge in [0.05, 0.1) is 0 Å². The highest BCUT2D eigenvalue weighted by atomic mass is 15.2. The van der Waals surface area contributed by atoms with Crippen molar-refractivity contribution < 1.29 is 0 Å². The minimum atomic E-state index is 0.478. The molecule has 0 bridgehead atoms. The molecule has 2 aromatic rings. The Balaban J connectivity index is 2.11. The maximum atomic E-state index is 5.69. The van der Waals surface area contributed by atoms with Crippen LogP contribution >= 0.6 is 0 Å². The second kappa shape index (κ2) is 5.59. The largest absolute Gasteiger partial charge is 0.330 e. The van der Waals surface area contributed by atoms with E-state index >= 15 is 0 Å². The molecular formula is C13H18N4. The summed E-state index contributed by atoms with van der Waals surface area (Å²) in [5.41, 5.74) is 6.72. The van der Waals surface area contributed by atoms with Crippen LogP contribution in [-0.4, -0.2) is 21.7 Å². The molecule has 1 unspecified atom stereocenters. The van der Waals surface area contributed by atoms with Crippen molar-refractivity contribution in [3.8, 4) is 11.4 Å². The van der Waals surface area contributed by atoms with Crippen molar-refractivity contribution in [2.24, 2.45) is 11.7 Å². The van der Waals surface area contributed by atoms with Crippen molar-refractivity contribution in [3.05, 3.63) is 36.2 Å². The van der Waals surface area contributed by atoms with Gasteiger partial charge in [0, 0.05) is 12.0 Å². The highest BCUT2D eigenvalue weighted by Gasteiger charge is 2.10. The lowest BCUT2D eigenvalue weighted by atomic mass is 10.0. The first kappa shape index (κ1) is 11.8. The van der Waals surface area contributed by atoms with Gasteiger partial charge >= 0.3 is 0 Å². The summed E-state index contributed by atoms with van der Waals surface area (Å²) in [7, 11) is 0. The average Bonchev–Trinajstić information content (AvgIpc) is 2.85. The standard InChI is InChI=1S/C13H18N4/c1-2-10(9-14)8-12-15-13(17-16-12)11-6-4-3-5-7-11/h3-7,10H,2,8-9,14H2,1H3,(H,15,16,17). The van der Waals surface area contributed by atoms with Gasteiger partial charge in [-0.2, -0.15) is 5.10 Å². The third-order valence-corrected chi connectivity index (χ3v) is 2.96. The van der Waals surface area contributed by atoms with E-state index in [1.165, 1.54) is 0 Å². The lowest BCUT2D eigenvalue weighted by Crippen LogP contribution is -2.16. The number of nitrogens with two attached hydrogens (primary N) is 1. The molecule has 90 valence electrons. The topological polar surface area (TPSA) is 67.6 Å². The van der Waals surface area contributed by atoms with Crippen molar-refractivity contribution in [2.45, 2.75) is 19.8 Å². The molecule has 3 N–H and O–H groups in total. The van der Waals surface area contributed by atoms with E-state index in [1.54, 1.807) is 0 Å². The normalized spacial score (nSPS) is 12.6. The molecule has 1 atom stereocenters. The summed E-state index contributed by atoms with van der Waals surface area (Å²) in [5, 5.41) is 7.22. The summed E-state index contributed by atoms with van der Waals surface area (Å²) in [6.45, 7) is 2.84. The number of aromatic nitrogens is 3. The summed E-state index contributed by atoms with van der Waals surface area (Å²) in [4.78, 5) is 4.49. The first-order valence-electron chi connectivity index (χ1n) is 6.00. The quantitative estimate of drug-likeness (QED) is 0.825. The van der Waals surface area contributed by atoms with Gasteiger partial charge < -0.3 is 5.73 Å². The number of nitrogens with zero attached hydrogens (tertiary/aromatic N) is 2. The first-order chi connectivity index (χ1) is 8.33. The number of rotatable bonds is 5. The van der Waals surface area contributed by atoms with Crippen LogP contribution in [0.4, 0.5) is 0 Å². The number of aromatic amines is 1. The van der Waals surface area contributed by atoms with E-state index in [0.29, 0.717) is 12.5 Å². The van der Waals surface area contributed by atoms with Gasteiger partial charge in [-0.05, 0) is 12.5 Å². The maximum absolute atomic E-state index is 5.69. The van der Waals surface area contributed by atoms with Gasteiger partial charge in [-0.3, -0.25) is 5.10 Å². The molecule has 0 saturated heterocycles. The monoisotopic (exact) mass is 230 g/mol. The molecule has 4 heteroatoms. The fourth-order valence-electron chi connectivity index (χ4n) is 1.77. The zero-order valence-electron chi connectivity index (χ0n) is 10.1. The minimum Gasteiger partial charge on any atom is -0.330 e. The van der Waals surface area contributed by atoms with Crippen molar-refractivity contribution in [2.75, 3.05) is 6.54 Å². The van der Waals surface area contributed by atoms with Crippen molar-refractivity contribution in [1.29, 1.82) is 0 Å². The van der Waals surface area contributed by atoms with Crippen LogP contribution in [0.3, 0.4) is 0 Å². The number of hydrogen-bond donors (Lipinski definition) is 2. The third-order valence-electron chi connectivity index (χ3n) is 2.96. The molecule has 0 radical (unpaired) electrons. The molecule has 0 spiro atoms. The molecule has 0 aliphatic rings. The van der Waals surface area contributed by atoms with Gasteiger partial charge in [-0.25, -0.2) is 4.98 Å². The Labute approximate surface area is 101 Å². The number of hydrogen-bond acceptors (Lipinski definition) is 3. The lowest BCUT2D eigenvalue weighted by Gasteiger charge is -2.08. The Kier molecular flexibility index (Phi) is 3.88. The van der Waals surface area contributed by atoms with E-state index < -0.39 is 0 Å². The molecule has 1 aromatic carbocycles. The fourth-order valence-corrected chi connectivity index (χ4v) is 1.77. The molecule has 0 amide bonds. The minimum absolute atomic E-state index is 0.478. The Morgan fingerprint density at radius 3 is 2.71 bits per heavy atom. The van der Waals surface area contributed by atoms with Crippen molar-refractivity contribution in [1.82, 2.24) is 15.2 Å². The zero-order valence-corrected chi connectivity index (χ0v) is 10.1. The van der Waals surface area contributed by atoms with E-state index in [0.717, 1.165) is 30.1 Å². The predicted octanol–water partition coefficient (Wildman–Crippen LogP) is 2.00. The van der Waals surface area contributed by atoms with E-state index in [1.807, 2.05) is 30.3 Å². The third kappa shape index (κ3) is 2.91. The first-order valence-corrected chi connectivity index (χ1v) is 6.00. The Morgan fingerprint density at radius 1 is 1.29 bits per heavy atom. The Morgan fingerprint density at radius 2 is 2.06 bits per heavy atom. The van der Waals surface area contributed by atoms with Crippen LogP contribution < -0.4 is 5.73 Å². The molecular weight excluding hydrogens is 212 g/mol. The van der Waals surface area contributed by atoms with Gasteiger partial charge in [0.2, 0.25) is 0 Å². The molecule has 0 fully saturated rings. The number of benzene rings is 1. The molecule has 0 saturated carbocycles. The highest BCUT2D eigenvalue weighted by molar-refractivity contribution is 5.53. The number of H-pyrrole nitrogens is 1. The molecule has 0 aliphatic heterocycles. The van der Waals surface area contributed by atoms with E-state index in [2.05, 4.69) is 22.1 Å². The van der Waals surface area contributed by atoms with Crippen LogP contribution in [0.2, 0.25) is 0 Å². The molecule has 2 rings (SSSR count). The Hall–Kier alpha value is -1.68. The van der Waals surface area contributed by atoms with E-state index in [4.69, 9.17) is 5.73 Å². The van der Waals surface area contributed by atoms with Gasteiger partial charge in [-0.1, -0.05) is 43.7 Å². The van der Waals surface area contributed by atoms with E-state index in [-0.39, 0.29) is 0 Å². The maximum Gasteiger partial charge on any atom is 0.181 e. The smallest absolute Gasteiger partial charge is 0.181 e. The summed E-state index contributed by atoms with van der Waals surface area (Å²) >= 11 is 0. The van der Waals surface area contributed by atoms with Crippen LogP contribution in [0.15, 0.2) is 30.3 Å². The second-order valence-electron chi connectivity index (χ2n) is 4.19. The summed E-state index contributed by atoms with van der Waals surface area (Å²) < 4.78 is 0. The summed E-state index contributed by atoms with van der Waals surface area (Å²) in [6.07, 6.45) is 1.94. The molecule has 0 aliphatic carbocycles. The summed E-state index contributed by atoms with van der Waals surface area (Å²) in [5.74, 6) is 2.15. The Bertz CT molecular complexity index is 445. The summed E-state index contributed by atoms with van der Waals surface area (Å²) in [6, 6.07) is 9.97. The van der Waals surface area contributed by atoms with Gasteiger partial charge in [0.25, 0.3) is 0 Å². The van der Waals surface area contributed by atoms with E-state index in [9.17, 15) is 0 Å². The van der Waals surface area contributed by atoms with Crippen molar-refractivity contribution in [3.63, 3.8) is 0 Å². The fraction of sp³-hybridized carbons (Fsp3) is 0.385. The predicted molar refractivity (Wildman–Crippen MR) is 68.4 cm³/mol. The van der Waals surface area contributed by atoms with Crippen LogP contribution in [0.25, 0.3) is 11.4 Å². The van der Waals surface area contributed by atoms with Crippen LogP contribution in [0, 0.1) is 5.92 Å². The van der Waals surface area contributed by atoms with Crippen LogP contribution in [0.1, 0.15) is 19.2 Å². The molecule has 4 nitrogen and oxygen atoms in total. The average molecular weight is 230 g/mol. The van der Waals surface area contributed by atoms with Crippen LogP contribution in [-0.2, 0) is 6.42 Å². The second-order valence-corrected chi connectivity index (χ2v) is 4.19. The lowest BCUT2D eigenvalue weighted by molar-refractivity contribution is 0.506. The van der Waals surface area contributed by atoms with Gasteiger partial charge in [-0.15, -0.1) is 0 Å². The highest BCUT2D eigenvalue weighted by Crippen LogP contribution is 2.15. The number of nitrogens with one attached hydrogen (secondary N) is 1. The zero-order chi connectivity index (χ0) is 12.1. The van der Waals surface area contributed by atoms with Gasteiger partial charge in [0.15, 0.2) is 5.82 Å². The molecule has 17 heavy (non-hydrogen) atoms. The molecule has 1 aromatic heterocycles. The van der Waals surface area contributed by atoms with Gasteiger partial charge in [0.1, 0.15) is 5.82 Å². The SMILES string of the molecule is CCC(CN)Cc1nc(-c2ccccc2)n[nH]1. The van der Waals surface area contributed by atoms with Crippen molar-refractivity contribution >= 4 is 0 Å².